The van der Waals surface area contributed by atoms with Gasteiger partial charge in [0.25, 0.3) is 0 Å². The smallest absolute Gasteiger partial charge is 0.146 e. The molecule has 1 N–H and O–H groups in total. The summed E-state index contributed by atoms with van der Waals surface area (Å²) < 4.78 is 25.1. The Morgan fingerprint density at radius 1 is 1.25 bits per heavy atom. The number of para-hydroxylation sites is 1. The number of halogens is 1. The summed E-state index contributed by atoms with van der Waals surface area (Å²) in [6, 6.07) is 5.22. The molecule has 112 valence electrons. The van der Waals surface area contributed by atoms with E-state index in [2.05, 4.69) is 5.32 Å². The zero-order chi connectivity index (χ0) is 14.5. The van der Waals surface area contributed by atoms with Crippen LogP contribution in [-0.2, 0) is 16.0 Å². The minimum atomic E-state index is -0.188. The zero-order valence-corrected chi connectivity index (χ0v) is 12.4. The normalized spacial score (nSPS) is 22.5. The van der Waals surface area contributed by atoms with Crippen LogP contribution < -0.4 is 10.2 Å². The summed E-state index contributed by atoms with van der Waals surface area (Å²) in [5.41, 5.74) is 1.63. The Morgan fingerprint density at radius 3 is 2.45 bits per heavy atom. The highest BCUT2D eigenvalue weighted by Crippen LogP contribution is 2.29. The second-order valence-corrected chi connectivity index (χ2v) is 4.98. The maximum atomic E-state index is 14.2. The maximum absolute atomic E-state index is 14.2. The number of methoxy groups -OCH3 is 2. The van der Waals surface area contributed by atoms with Gasteiger partial charge in [-0.15, -0.1) is 0 Å². The van der Waals surface area contributed by atoms with Crippen LogP contribution in [0.1, 0.15) is 12.5 Å². The third-order valence-electron chi connectivity index (χ3n) is 3.77. The molecule has 1 saturated heterocycles. The number of nitrogens with zero attached hydrogens (tertiary/aromatic N) is 1. The molecule has 2 rings (SSSR count). The summed E-state index contributed by atoms with van der Waals surface area (Å²) >= 11 is 0. The summed E-state index contributed by atoms with van der Waals surface area (Å²) in [7, 11) is 3.34. The quantitative estimate of drug-likeness (QED) is 0.862. The van der Waals surface area contributed by atoms with Gasteiger partial charge >= 0.3 is 0 Å². The van der Waals surface area contributed by atoms with Gasteiger partial charge in [-0.3, -0.25) is 0 Å². The fourth-order valence-corrected chi connectivity index (χ4v) is 2.70. The second-order valence-electron chi connectivity index (χ2n) is 4.98. The number of hydrogen-bond donors (Lipinski definition) is 1. The monoisotopic (exact) mass is 282 g/mol. The lowest BCUT2D eigenvalue weighted by molar-refractivity contribution is -0.00461. The van der Waals surface area contributed by atoms with Crippen LogP contribution in [0.25, 0.3) is 0 Å². The molecule has 1 heterocycles. The highest BCUT2D eigenvalue weighted by molar-refractivity contribution is 5.56. The van der Waals surface area contributed by atoms with Gasteiger partial charge in [0.05, 0.1) is 5.69 Å². The number of ether oxygens (including phenoxy) is 2. The largest absolute Gasteiger partial charge is 0.377 e. The van der Waals surface area contributed by atoms with Crippen LogP contribution in [0.4, 0.5) is 10.1 Å². The average molecular weight is 282 g/mol. The van der Waals surface area contributed by atoms with Crippen molar-refractivity contribution >= 4 is 5.69 Å². The molecule has 1 fully saturated rings. The highest BCUT2D eigenvalue weighted by Gasteiger charge is 2.34. The molecule has 1 aromatic rings. The summed E-state index contributed by atoms with van der Waals surface area (Å²) in [4.78, 5) is 2.02. The van der Waals surface area contributed by atoms with Gasteiger partial charge in [0.1, 0.15) is 18.0 Å². The predicted octanol–water partition coefficient (Wildman–Crippen LogP) is 1.79. The molecule has 0 spiro atoms. The van der Waals surface area contributed by atoms with Crippen molar-refractivity contribution in [3.63, 3.8) is 0 Å². The molecular formula is C15H23FN2O2. The first-order valence-electron chi connectivity index (χ1n) is 6.99. The van der Waals surface area contributed by atoms with Crippen molar-refractivity contribution in [1.29, 1.82) is 0 Å². The minimum Gasteiger partial charge on any atom is -0.377 e. The Morgan fingerprint density at radius 2 is 1.90 bits per heavy atom. The molecule has 2 unspecified atom stereocenters. The first-order valence-corrected chi connectivity index (χ1v) is 6.99. The summed E-state index contributed by atoms with van der Waals surface area (Å²) in [5, 5.41) is 3.25. The van der Waals surface area contributed by atoms with E-state index in [0.717, 1.165) is 12.1 Å². The molecular weight excluding hydrogens is 259 g/mol. The summed E-state index contributed by atoms with van der Waals surface area (Å²) in [6.07, 6.45) is -0.0434. The van der Waals surface area contributed by atoms with E-state index in [9.17, 15) is 4.39 Å². The van der Waals surface area contributed by atoms with E-state index in [0.29, 0.717) is 25.3 Å². The summed E-state index contributed by atoms with van der Waals surface area (Å²) in [5.74, 6) is -0.188. The maximum Gasteiger partial charge on any atom is 0.146 e. The Kier molecular flexibility index (Phi) is 5.34. The number of anilines is 1. The lowest BCUT2D eigenvalue weighted by Gasteiger charge is -2.22. The van der Waals surface area contributed by atoms with E-state index < -0.39 is 0 Å². The molecule has 1 aliphatic rings. The molecule has 2 atom stereocenters. The van der Waals surface area contributed by atoms with Crippen molar-refractivity contribution in [1.82, 2.24) is 5.32 Å². The lowest BCUT2D eigenvalue weighted by atomic mass is 10.1. The van der Waals surface area contributed by atoms with Crippen LogP contribution in [0, 0.1) is 5.82 Å². The molecule has 0 radical (unpaired) electrons. The van der Waals surface area contributed by atoms with Crippen molar-refractivity contribution < 1.29 is 13.9 Å². The minimum absolute atomic E-state index is 0.0217. The van der Waals surface area contributed by atoms with Crippen LogP contribution in [0.3, 0.4) is 0 Å². The average Bonchev–Trinajstić information content (AvgIpc) is 2.87. The molecule has 20 heavy (non-hydrogen) atoms. The Bertz CT molecular complexity index is 430. The van der Waals surface area contributed by atoms with E-state index in [1.165, 1.54) is 6.07 Å². The van der Waals surface area contributed by atoms with E-state index in [1.807, 2.05) is 17.9 Å². The third kappa shape index (κ3) is 3.11. The van der Waals surface area contributed by atoms with Crippen molar-refractivity contribution in [2.45, 2.75) is 25.7 Å². The topological polar surface area (TPSA) is 33.7 Å². The summed E-state index contributed by atoms with van der Waals surface area (Å²) in [6.45, 7) is 4.85. The van der Waals surface area contributed by atoms with Crippen molar-refractivity contribution in [3.8, 4) is 0 Å². The van der Waals surface area contributed by atoms with E-state index in [1.54, 1.807) is 20.3 Å². The first-order chi connectivity index (χ1) is 9.71. The van der Waals surface area contributed by atoms with Gasteiger partial charge in [0.2, 0.25) is 0 Å². The Balaban J connectivity index is 2.23. The van der Waals surface area contributed by atoms with Gasteiger partial charge in [-0.05, 0) is 18.2 Å². The van der Waals surface area contributed by atoms with Gasteiger partial charge in [0.15, 0.2) is 0 Å². The number of nitrogens with one attached hydrogen (secondary N) is 1. The molecule has 0 aliphatic carbocycles. The molecule has 0 amide bonds. The number of benzene rings is 1. The van der Waals surface area contributed by atoms with E-state index in [4.69, 9.17) is 9.47 Å². The van der Waals surface area contributed by atoms with Crippen molar-refractivity contribution in [2.75, 3.05) is 38.8 Å². The van der Waals surface area contributed by atoms with Gasteiger partial charge in [0, 0.05) is 33.9 Å². The van der Waals surface area contributed by atoms with Crippen LogP contribution in [0.2, 0.25) is 0 Å². The third-order valence-corrected chi connectivity index (χ3v) is 3.77. The van der Waals surface area contributed by atoms with E-state index >= 15 is 0 Å². The fourth-order valence-electron chi connectivity index (χ4n) is 2.70. The highest BCUT2D eigenvalue weighted by atomic mass is 19.1. The van der Waals surface area contributed by atoms with Crippen LogP contribution in [-0.4, -0.2) is 46.1 Å². The second kappa shape index (κ2) is 7.02. The molecule has 1 aromatic carbocycles. The van der Waals surface area contributed by atoms with Crippen LogP contribution >= 0.6 is 0 Å². The Labute approximate surface area is 119 Å². The first kappa shape index (κ1) is 15.2. The zero-order valence-electron chi connectivity index (χ0n) is 12.4. The molecule has 0 aromatic heterocycles. The van der Waals surface area contributed by atoms with Gasteiger partial charge in [-0.1, -0.05) is 19.1 Å². The number of hydrogen-bond acceptors (Lipinski definition) is 4. The van der Waals surface area contributed by atoms with Crippen molar-refractivity contribution in [2.24, 2.45) is 0 Å². The number of rotatable bonds is 6. The lowest BCUT2D eigenvalue weighted by Crippen LogP contribution is -2.27. The molecule has 0 bridgehead atoms. The van der Waals surface area contributed by atoms with Crippen LogP contribution in [0.15, 0.2) is 18.2 Å². The standard InChI is InChI=1S/C15H23FN2O2/c1-4-17-8-11-6-5-7-12(16)15(11)18-9-13(19-2)14(10-18)20-3/h5-7,13-14,17H,4,8-10H2,1-3H3. The van der Waals surface area contributed by atoms with Gasteiger partial charge in [-0.2, -0.15) is 0 Å². The SMILES string of the molecule is CCNCc1cccc(F)c1N1CC(OC)C(OC)C1. The predicted molar refractivity (Wildman–Crippen MR) is 77.6 cm³/mol. The molecule has 0 saturated carbocycles. The van der Waals surface area contributed by atoms with Crippen LogP contribution in [0.5, 0.6) is 0 Å². The molecule has 5 heteroatoms. The Hall–Kier alpha value is -1.17. The van der Waals surface area contributed by atoms with Crippen molar-refractivity contribution in [3.05, 3.63) is 29.6 Å². The molecule has 4 nitrogen and oxygen atoms in total. The fraction of sp³-hybridized carbons (Fsp3) is 0.600. The van der Waals surface area contributed by atoms with Gasteiger partial charge in [-0.25, -0.2) is 4.39 Å². The van der Waals surface area contributed by atoms with Gasteiger partial charge < -0.3 is 19.7 Å². The van der Waals surface area contributed by atoms with E-state index in [-0.39, 0.29) is 18.0 Å². The molecule has 1 aliphatic heterocycles.